The maximum Gasteiger partial charge on any atom is 0.120 e. The minimum absolute atomic E-state index is 0.244. The molecule has 0 saturated carbocycles. The number of aliphatic hydroxyl groups is 1. The Hall–Kier alpha value is -2.28. The van der Waals surface area contributed by atoms with E-state index in [1.807, 2.05) is 42.5 Å². The van der Waals surface area contributed by atoms with E-state index in [9.17, 15) is 5.11 Å². The lowest BCUT2D eigenvalue weighted by Crippen LogP contribution is -2.10. The summed E-state index contributed by atoms with van der Waals surface area (Å²) in [6.45, 7) is 9.81. The zero-order valence-electron chi connectivity index (χ0n) is 11.8. The Labute approximate surface area is 121 Å². The lowest BCUT2D eigenvalue weighted by atomic mass is 9.83. The molecule has 0 aliphatic heterocycles. The first-order chi connectivity index (χ1) is 9.54. The Morgan fingerprint density at radius 3 is 2.85 bits per heavy atom. The maximum absolute atomic E-state index is 10.3. The van der Waals surface area contributed by atoms with Crippen molar-refractivity contribution in [2.75, 3.05) is 0 Å². The number of rotatable bonds is 4. The Morgan fingerprint density at radius 2 is 2.10 bits per heavy atom. The summed E-state index contributed by atoms with van der Waals surface area (Å²) in [6, 6.07) is 7.85. The molecular formula is C19H20O. The van der Waals surface area contributed by atoms with Gasteiger partial charge >= 0.3 is 0 Å². The summed E-state index contributed by atoms with van der Waals surface area (Å²) in [5.74, 6) is 0.327. The van der Waals surface area contributed by atoms with Gasteiger partial charge in [0, 0.05) is 11.0 Å². The molecule has 0 fully saturated rings. The molecule has 1 N–H and O–H groups in total. The van der Waals surface area contributed by atoms with Gasteiger partial charge in [0.05, 0.1) is 0 Å². The van der Waals surface area contributed by atoms with E-state index in [1.165, 1.54) is 0 Å². The monoisotopic (exact) mass is 264 g/mol. The van der Waals surface area contributed by atoms with Crippen molar-refractivity contribution in [1.82, 2.24) is 0 Å². The van der Waals surface area contributed by atoms with Crippen molar-refractivity contribution < 1.29 is 5.11 Å². The highest BCUT2D eigenvalue weighted by Crippen LogP contribution is 2.36. The predicted octanol–water partition coefficient (Wildman–Crippen LogP) is 5.31. The smallest absolute Gasteiger partial charge is 0.120 e. The van der Waals surface area contributed by atoms with Crippen LogP contribution in [0, 0.1) is 5.41 Å². The number of allylic oxidation sites excluding steroid dienone is 6. The molecule has 1 heteroatoms. The van der Waals surface area contributed by atoms with E-state index in [-0.39, 0.29) is 5.41 Å². The molecule has 0 heterocycles. The summed E-state index contributed by atoms with van der Waals surface area (Å²) in [7, 11) is 0. The molecule has 0 aromatic heterocycles. The van der Waals surface area contributed by atoms with Gasteiger partial charge in [-0.1, -0.05) is 80.3 Å². The molecule has 0 spiro atoms. The van der Waals surface area contributed by atoms with Crippen molar-refractivity contribution in [2.45, 2.75) is 13.3 Å². The van der Waals surface area contributed by atoms with Crippen molar-refractivity contribution in [3.05, 3.63) is 84.5 Å². The number of benzene rings is 1. The molecule has 2 rings (SSSR count). The van der Waals surface area contributed by atoms with Crippen LogP contribution in [0.4, 0.5) is 0 Å². The molecule has 0 bridgehead atoms. The topological polar surface area (TPSA) is 20.2 Å². The average Bonchev–Trinajstić information content (AvgIpc) is 2.54. The van der Waals surface area contributed by atoms with Crippen LogP contribution in [-0.4, -0.2) is 5.11 Å². The number of fused-ring (bicyclic) bond motifs is 1. The third-order valence-electron chi connectivity index (χ3n) is 3.42. The summed E-state index contributed by atoms with van der Waals surface area (Å²) in [5, 5.41) is 10.3. The molecular weight excluding hydrogens is 244 g/mol. The number of hydrogen-bond donors (Lipinski definition) is 1. The van der Waals surface area contributed by atoms with Gasteiger partial charge in [-0.25, -0.2) is 0 Å². The van der Waals surface area contributed by atoms with Crippen LogP contribution in [0.15, 0.2) is 73.4 Å². The first kappa shape index (κ1) is 14.1. The Morgan fingerprint density at radius 1 is 1.35 bits per heavy atom. The van der Waals surface area contributed by atoms with Crippen molar-refractivity contribution >= 4 is 11.8 Å². The molecule has 1 atom stereocenters. The van der Waals surface area contributed by atoms with Crippen LogP contribution in [0.5, 0.6) is 0 Å². The summed E-state index contributed by atoms with van der Waals surface area (Å²) >= 11 is 0. The van der Waals surface area contributed by atoms with Gasteiger partial charge in [0.1, 0.15) is 5.76 Å². The molecule has 1 aliphatic carbocycles. The lowest BCUT2D eigenvalue weighted by Gasteiger charge is -2.21. The van der Waals surface area contributed by atoms with E-state index in [4.69, 9.17) is 0 Å². The lowest BCUT2D eigenvalue weighted by molar-refractivity contribution is 0.485. The van der Waals surface area contributed by atoms with Gasteiger partial charge in [0.2, 0.25) is 0 Å². The highest BCUT2D eigenvalue weighted by atomic mass is 16.3. The third kappa shape index (κ3) is 3.18. The molecule has 1 aromatic carbocycles. The highest BCUT2D eigenvalue weighted by Gasteiger charge is 2.23. The Balaban J connectivity index is 2.31. The van der Waals surface area contributed by atoms with Gasteiger partial charge in [-0.15, -0.1) is 0 Å². The molecule has 1 aromatic rings. The quantitative estimate of drug-likeness (QED) is 0.731. The molecule has 0 saturated heterocycles. The third-order valence-corrected chi connectivity index (χ3v) is 3.42. The van der Waals surface area contributed by atoms with E-state index < -0.39 is 0 Å². The van der Waals surface area contributed by atoms with Crippen LogP contribution in [0.1, 0.15) is 24.5 Å². The predicted molar refractivity (Wildman–Crippen MR) is 87.3 cm³/mol. The van der Waals surface area contributed by atoms with Crippen molar-refractivity contribution in [2.24, 2.45) is 5.41 Å². The van der Waals surface area contributed by atoms with Crippen molar-refractivity contribution in [3.63, 3.8) is 0 Å². The first-order valence-electron chi connectivity index (χ1n) is 6.71. The second-order valence-electron chi connectivity index (χ2n) is 5.39. The molecule has 20 heavy (non-hydrogen) atoms. The summed E-state index contributed by atoms with van der Waals surface area (Å²) < 4.78 is 0. The SMILES string of the molecule is C=C/C=C\C(=C)CC1(C)C=Cc2ccccc2C(O)=C1. The summed E-state index contributed by atoms with van der Waals surface area (Å²) in [5.41, 5.74) is 2.68. The van der Waals surface area contributed by atoms with Crippen LogP contribution in [0.25, 0.3) is 11.8 Å². The fraction of sp³-hybridized carbons (Fsp3) is 0.158. The van der Waals surface area contributed by atoms with E-state index in [0.717, 1.165) is 23.1 Å². The van der Waals surface area contributed by atoms with Crippen LogP contribution in [0.3, 0.4) is 0 Å². The van der Waals surface area contributed by atoms with E-state index in [1.54, 1.807) is 6.08 Å². The number of aliphatic hydroxyl groups excluding tert-OH is 1. The van der Waals surface area contributed by atoms with Gasteiger partial charge in [-0.05, 0) is 18.1 Å². The first-order valence-corrected chi connectivity index (χ1v) is 6.71. The van der Waals surface area contributed by atoms with E-state index >= 15 is 0 Å². The largest absolute Gasteiger partial charge is 0.508 e. The van der Waals surface area contributed by atoms with Gasteiger partial charge in [-0.3, -0.25) is 0 Å². The van der Waals surface area contributed by atoms with Gasteiger partial charge < -0.3 is 5.11 Å². The second-order valence-corrected chi connectivity index (χ2v) is 5.39. The normalized spacial score (nSPS) is 21.1. The minimum Gasteiger partial charge on any atom is -0.508 e. The molecule has 0 radical (unpaired) electrons. The van der Waals surface area contributed by atoms with Crippen LogP contribution in [-0.2, 0) is 0 Å². The molecule has 1 aliphatic rings. The Bertz CT molecular complexity index is 616. The molecule has 1 unspecified atom stereocenters. The summed E-state index contributed by atoms with van der Waals surface area (Å²) in [6.07, 6.45) is 12.4. The zero-order chi connectivity index (χ0) is 14.6. The summed E-state index contributed by atoms with van der Waals surface area (Å²) in [4.78, 5) is 0. The fourth-order valence-electron chi connectivity index (χ4n) is 2.46. The van der Waals surface area contributed by atoms with Crippen LogP contribution < -0.4 is 0 Å². The number of hydrogen-bond acceptors (Lipinski definition) is 1. The maximum atomic E-state index is 10.3. The van der Waals surface area contributed by atoms with Crippen molar-refractivity contribution in [1.29, 1.82) is 0 Å². The molecule has 0 amide bonds. The molecule has 102 valence electrons. The van der Waals surface area contributed by atoms with Crippen LogP contribution >= 0.6 is 0 Å². The average molecular weight is 264 g/mol. The second kappa shape index (κ2) is 5.79. The van der Waals surface area contributed by atoms with Gasteiger partial charge in [-0.2, -0.15) is 0 Å². The fourth-order valence-corrected chi connectivity index (χ4v) is 2.46. The van der Waals surface area contributed by atoms with Crippen LogP contribution in [0.2, 0.25) is 0 Å². The van der Waals surface area contributed by atoms with Gasteiger partial charge in [0.15, 0.2) is 0 Å². The minimum atomic E-state index is -0.244. The van der Waals surface area contributed by atoms with Crippen molar-refractivity contribution in [3.8, 4) is 0 Å². The molecule has 1 nitrogen and oxygen atoms in total. The zero-order valence-corrected chi connectivity index (χ0v) is 11.8. The highest BCUT2D eigenvalue weighted by molar-refractivity contribution is 5.73. The standard InChI is InChI=1S/C19H20O/c1-4-5-8-15(2)13-19(3)12-11-16-9-6-7-10-17(16)18(20)14-19/h4-12,14,20H,1-2,13H2,3H3/b8-5-. The van der Waals surface area contributed by atoms with E-state index in [2.05, 4.69) is 32.2 Å². The Kier molecular flexibility index (Phi) is 4.09. The van der Waals surface area contributed by atoms with Gasteiger partial charge in [0.25, 0.3) is 0 Å². The van der Waals surface area contributed by atoms with E-state index in [0.29, 0.717) is 5.76 Å².